The lowest BCUT2D eigenvalue weighted by atomic mass is 10.1. The van der Waals surface area contributed by atoms with E-state index in [1.165, 1.54) is 0 Å². The summed E-state index contributed by atoms with van der Waals surface area (Å²) in [5.74, 6) is 0. The van der Waals surface area contributed by atoms with E-state index in [0.717, 1.165) is 24.8 Å². The Labute approximate surface area is 116 Å². The van der Waals surface area contributed by atoms with Crippen molar-refractivity contribution in [2.45, 2.75) is 37.2 Å². The third-order valence-corrected chi connectivity index (χ3v) is 3.14. The molecule has 19 heavy (non-hydrogen) atoms. The second-order valence-electron chi connectivity index (χ2n) is 4.40. The van der Waals surface area contributed by atoms with Crippen LogP contribution in [0.15, 0.2) is 30.3 Å². The zero-order valence-corrected chi connectivity index (χ0v) is 11.4. The zero-order chi connectivity index (χ0) is 14.1. The highest BCUT2D eigenvalue weighted by Gasteiger charge is 2.27. The van der Waals surface area contributed by atoms with Gasteiger partial charge in [0.05, 0.1) is 5.38 Å². The van der Waals surface area contributed by atoms with Crippen LogP contribution < -0.4 is 0 Å². The first-order valence-electron chi connectivity index (χ1n) is 6.32. The lowest BCUT2D eigenvalue weighted by molar-refractivity contribution is -0.174. The Morgan fingerprint density at radius 3 is 2.37 bits per heavy atom. The molecule has 0 aromatic heterocycles. The fourth-order valence-electron chi connectivity index (χ4n) is 1.72. The number of unbranched alkanes of at least 4 members (excludes halogenated alkanes) is 2. The Hall–Kier alpha value is -0.740. The maximum Gasteiger partial charge on any atom is 0.411 e. The van der Waals surface area contributed by atoms with Crippen LogP contribution in [0.3, 0.4) is 0 Å². The van der Waals surface area contributed by atoms with Gasteiger partial charge in [0.1, 0.15) is 6.61 Å². The van der Waals surface area contributed by atoms with E-state index in [2.05, 4.69) is 4.74 Å². The first-order chi connectivity index (χ1) is 8.99. The minimum absolute atomic E-state index is 0.0303. The second-order valence-corrected chi connectivity index (χ2v) is 4.92. The normalized spacial score (nSPS) is 13.5. The van der Waals surface area contributed by atoms with E-state index >= 15 is 0 Å². The molecule has 1 aromatic carbocycles. The van der Waals surface area contributed by atoms with Gasteiger partial charge in [0.25, 0.3) is 0 Å². The van der Waals surface area contributed by atoms with E-state index in [1.54, 1.807) is 0 Å². The van der Waals surface area contributed by atoms with Crippen LogP contribution in [0.1, 0.15) is 36.6 Å². The molecule has 0 aliphatic carbocycles. The van der Waals surface area contributed by atoms with Crippen molar-refractivity contribution in [3.63, 3.8) is 0 Å². The van der Waals surface area contributed by atoms with Gasteiger partial charge in [0.2, 0.25) is 0 Å². The molecular formula is C14H18ClF3O. The molecule has 5 heteroatoms. The Kier molecular flexibility index (Phi) is 7.24. The van der Waals surface area contributed by atoms with Gasteiger partial charge < -0.3 is 4.74 Å². The third kappa shape index (κ3) is 8.11. The maximum atomic E-state index is 11.8. The predicted molar refractivity (Wildman–Crippen MR) is 70.4 cm³/mol. The van der Waals surface area contributed by atoms with Crippen LogP contribution >= 0.6 is 11.6 Å². The number of hydrogen-bond donors (Lipinski definition) is 0. The monoisotopic (exact) mass is 294 g/mol. The highest BCUT2D eigenvalue weighted by atomic mass is 35.5. The molecule has 0 spiro atoms. The zero-order valence-electron chi connectivity index (χ0n) is 10.6. The number of alkyl halides is 4. The van der Waals surface area contributed by atoms with Crippen molar-refractivity contribution >= 4 is 11.6 Å². The quantitative estimate of drug-likeness (QED) is 0.478. The molecule has 108 valence electrons. The Morgan fingerprint density at radius 1 is 1.05 bits per heavy atom. The fourth-order valence-corrected chi connectivity index (χ4v) is 2.02. The van der Waals surface area contributed by atoms with Crippen molar-refractivity contribution in [1.82, 2.24) is 0 Å². The topological polar surface area (TPSA) is 9.23 Å². The molecule has 1 atom stereocenters. The van der Waals surface area contributed by atoms with Gasteiger partial charge in [-0.25, -0.2) is 0 Å². The average Bonchev–Trinajstić information content (AvgIpc) is 2.37. The minimum atomic E-state index is -4.23. The molecule has 0 radical (unpaired) electrons. The maximum absolute atomic E-state index is 11.8. The van der Waals surface area contributed by atoms with Gasteiger partial charge >= 0.3 is 6.18 Å². The molecule has 0 amide bonds. The summed E-state index contributed by atoms with van der Waals surface area (Å²) in [5, 5.41) is -0.0303. The van der Waals surface area contributed by atoms with Crippen LogP contribution in [0, 0.1) is 0 Å². The molecule has 0 N–H and O–H groups in total. The van der Waals surface area contributed by atoms with Crippen molar-refractivity contribution in [2.75, 3.05) is 13.2 Å². The summed E-state index contributed by atoms with van der Waals surface area (Å²) in [4.78, 5) is 0. The summed E-state index contributed by atoms with van der Waals surface area (Å²) in [6, 6.07) is 9.77. The molecule has 0 bridgehead atoms. The molecule has 0 fully saturated rings. The van der Waals surface area contributed by atoms with Gasteiger partial charge in [0.15, 0.2) is 0 Å². The lowest BCUT2D eigenvalue weighted by Crippen LogP contribution is -2.17. The Bertz CT molecular complexity index is 340. The van der Waals surface area contributed by atoms with Gasteiger partial charge in [-0.15, -0.1) is 11.6 Å². The molecular weight excluding hydrogens is 277 g/mol. The van der Waals surface area contributed by atoms with Crippen molar-refractivity contribution < 1.29 is 17.9 Å². The SMILES string of the molecule is FC(F)(F)COCCCCCC(Cl)c1ccccc1. The number of hydrogen-bond acceptors (Lipinski definition) is 1. The Morgan fingerprint density at radius 2 is 1.74 bits per heavy atom. The molecule has 1 rings (SSSR count). The van der Waals surface area contributed by atoms with E-state index in [0.29, 0.717) is 6.42 Å². The summed E-state index contributed by atoms with van der Waals surface area (Å²) < 4.78 is 39.9. The summed E-state index contributed by atoms with van der Waals surface area (Å²) in [5.41, 5.74) is 1.08. The first-order valence-corrected chi connectivity index (χ1v) is 6.76. The molecule has 0 aliphatic rings. The highest BCUT2D eigenvalue weighted by molar-refractivity contribution is 6.20. The smallest absolute Gasteiger partial charge is 0.372 e. The first kappa shape index (κ1) is 16.3. The summed E-state index contributed by atoms with van der Waals surface area (Å²) in [6.45, 7) is -1.01. The molecule has 0 aliphatic heterocycles. The van der Waals surface area contributed by atoms with Crippen LogP contribution in [0.4, 0.5) is 13.2 Å². The summed E-state index contributed by atoms with van der Waals surface area (Å²) >= 11 is 6.23. The van der Waals surface area contributed by atoms with E-state index in [-0.39, 0.29) is 12.0 Å². The minimum Gasteiger partial charge on any atom is -0.372 e. The Balaban J connectivity index is 2.02. The molecule has 0 saturated heterocycles. The number of benzene rings is 1. The molecule has 1 nitrogen and oxygen atoms in total. The van der Waals surface area contributed by atoms with Gasteiger partial charge in [-0.1, -0.05) is 43.2 Å². The standard InChI is InChI=1S/C14H18ClF3O/c15-13(12-7-3-1-4-8-12)9-5-2-6-10-19-11-14(16,17)18/h1,3-4,7-8,13H,2,5-6,9-11H2. The van der Waals surface area contributed by atoms with Gasteiger partial charge in [-0.05, 0) is 18.4 Å². The lowest BCUT2D eigenvalue weighted by Gasteiger charge is -2.10. The van der Waals surface area contributed by atoms with Crippen LogP contribution in [-0.4, -0.2) is 19.4 Å². The van der Waals surface area contributed by atoms with Crippen molar-refractivity contribution in [1.29, 1.82) is 0 Å². The van der Waals surface area contributed by atoms with Gasteiger partial charge in [-0.2, -0.15) is 13.2 Å². The van der Waals surface area contributed by atoms with Gasteiger partial charge in [0, 0.05) is 6.61 Å². The van der Waals surface area contributed by atoms with E-state index in [1.807, 2.05) is 30.3 Å². The molecule has 1 aromatic rings. The van der Waals surface area contributed by atoms with E-state index < -0.39 is 12.8 Å². The predicted octanol–water partition coefficient (Wildman–Crippen LogP) is 5.11. The fraction of sp³-hybridized carbons (Fsp3) is 0.571. The van der Waals surface area contributed by atoms with Crippen LogP contribution in [0.25, 0.3) is 0 Å². The van der Waals surface area contributed by atoms with E-state index in [4.69, 9.17) is 11.6 Å². The van der Waals surface area contributed by atoms with Crippen LogP contribution in [0.2, 0.25) is 0 Å². The van der Waals surface area contributed by atoms with Crippen molar-refractivity contribution in [3.05, 3.63) is 35.9 Å². The van der Waals surface area contributed by atoms with Gasteiger partial charge in [-0.3, -0.25) is 0 Å². The summed E-state index contributed by atoms with van der Waals surface area (Å²) in [6.07, 6.45) is -1.06. The van der Waals surface area contributed by atoms with Crippen molar-refractivity contribution in [2.24, 2.45) is 0 Å². The van der Waals surface area contributed by atoms with Crippen LogP contribution in [-0.2, 0) is 4.74 Å². The van der Waals surface area contributed by atoms with E-state index in [9.17, 15) is 13.2 Å². The average molecular weight is 295 g/mol. The molecule has 0 heterocycles. The number of ether oxygens (including phenoxy) is 1. The van der Waals surface area contributed by atoms with Crippen molar-refractivity contribution in [3.8, 4) is 0 Å². The molecule has 0 saturated carbocycles. The highest BCUT2D eigenvalue weighted by Crippen LogP contribution is 2.26. The molecule has 1 unspecified atom stereocenters. The number of halogens is 4. The largest absolute Gasteiger partial charge is 0.411 e. The van der Waals surface area contributed by atoms with Crippen LogP contribution in [0.5, 0.6) is 0 Å². The third-order valence-electron chi connectivity index (χ3n) is 2.67. The number of rotatable bonds is 8. The second kappa shape index (κ2) is 8.43. The summed E-state index contributed by atoms with van der Waals surface area (Å²) in [7, 11) is 0.